The highest BCUT2D eigenvalue weighted by Crippen LogP contribution is 2.28. The number of carbonyl (C=O) groups excluding carboxylic acids is 1. The average Bonchev–Trinajstić information content (AvgIpc) is 2.99. The summed E-state index contributed by atoms with van der Waals surface area (Å²) < 4.78 is 0. The van der Waals surface area contributed by atoms with Gasteiger partial charge in [-0.3, -0.25) is 4.79 Å². The average molecular weight is 199 g/mol. The first kappa shape index (κ1) is 11.5. The van der Waals surface area contributed by atoms with Crippen LogP contribution >= 0.6 is 0 Å². The van der Waals surface area contributed by atoms with Gasteiger partial charge in [-0.25, -0.2) is 0 Å². The SMILES string of the molecule is CCC(CC)C(=O)N(CCO)C1CC1. The van der Waals surface area contributed by atoms with Crippen molar-refractivity contribution in [2.45, 2.75) is 45.6 Å². The summed E-state index contributed by atoms with van der Waals surface area (Å²) in [5.74, 6) is 0.397. The Bertz CT molecular complexity index is 186. The molecule has 1 fully saturated rings. The Hall–Kier alpha value is -0.570. The number of aliphatic hydroxyl groups is 1. The lowest BCUT2D eigenvalue weighted by molar-refractivity contribution is -0.136. The summed E-state index contributed by atoms with van der Waals surface area (Å²) in [6, 6.07) is 0.426. The molecule has 1 aliphatic rings. The third-order valence-electron chi connectivity index (χ3n) is 2.95. The summed E-state index contributed by atoms with van der Waals surface area (Å²) in [6.07, 6.45) is 4.05. The molecule has 82 valence electrons. The molecule has 0 atom stereocenters. The Morgan fingerprint density at radius 3 is 2.36 bits per heavy atom. The molecule has 0 aliphatic heterocycles. The molecule has 0 saturated heterocycles. The van der Waals surface area contributed by atoms with E-state index >= 15 is 0 Å². The Morgan fingerprint density at radius 2 is 2.00 bits per heavy atom. The van der Waals surface area contributed by atoms with Crippen molar-refractivity contribution in [3.8, 4) is 0 Å². The van der Waals surface area contributed by atoms with Gasteiger partial charge in [-0.1, -0.05) is 13.8 Å². The molecule has 1 aliphatic carbocycles. The predicted octanol–water partition coefficient (Wildman–Crippen LogP) is 1.41. The van der Waals surface area contributed by atoms with E-state index in [0.717, 1.165) is 25.7 Å². The molecule has 0 aromatic rings. The minimum atomic E-state index is 0.0857. The predicted molar refractivity (Wildman–Crippen MR) is 55.9 cm³/mol. The minimum absolute atomic E-state index is 0.0857. The van der Waals surface area contributed by atoms with E-state index in [2.05, 4.69) is 13.8 Å². The van der Waals surface area contributed by atoms with Crippen molar-refractivity contribution < 1.29 is 9.90 Å². The van der Waals surface area contributed by atoms with Crippen LogP contribution in [0.25, 0.3) is 0 Å². The van der Waals surface area contributed by atoms with Gasteiger partial charge in [0, 0.05) is 18.5 Å². The summed E-state index contributed by atoms with van der Waals surface area (Å²) in [5, 5.41) is 8.90. The minimum Gasteiger partial charge on any atom is -0.395 e. The number of carbonyl (C=O) groups is 1. The van der Waals surface area contributed by atoms with Gasteiger partial charge in [-0.2, -0.15) is 0 Å². The zero-order valence-electron chi connectivity index (χ0n) is 9.20. The van der Waals surface area contributed by atoms with E-state index in [-0.39, 0.29) is 18.4 Å². The van der Waals surface area contributed by atoms with Gasteiger partial charge in [-0.15, -0.1) is 0 Å². The van der Waals surface area contributed by atoms with Gasteiger partial charge < -0.3 is 10.0 Å². The van der Waals surface area contributed by atoms with Gasteiger partial charge in [0.2, 0.25) is 5.91 Å². The maximum atomic E-state index is 12.0. The molecule has 1 rings (SSSR count). The van der Waals surface area contributed by atoms with Crippen LogP contribution in [-0.2, 0) is 4.79 Å². The number of amides is 1. The van der Waals surface area contributed by atoms with E-state index in [0.29, 0.717) is 12.6 Å². The van der Waals surface area contributed by atoms with Gasteiger partial charge in [0.25, 0.3) is 0 Å². The first-order valence-corrected chi connectivity index (χ1v) is 5.65. The molecule has 14 heavy (non-hydrogen) atoms. The second-order valence-electron chi connectivity index (χ2n) is 4.00. The lowest BCUT2D eigenvalue weighted by Crippen LogP contribution is -2.39. The fraction of sp³-hybridized carbons (Fsp3) is 0.909. The van der Waals surface area contributed by atoms with Crippen molar-refractivity contribution >= 4 is 5.91 Å². The molecule has 0 aromatic carbocycles. The van der Waals surface area contributed by atoms with Gasteiger partial charge in [-0.05, 0) is 25.7 Å². The van der Waals surface area contributed by atoms with Crippen LogP contribution in [0.1, 0.15) is 39.5 Å². The highest BCUT2D eigenvalue weighted by Gasteiger charge is 2.34. The monoisotopic (exact) mass is 199 g/mol. The van der Waals surface area contributed by atoms with Crippen molar-refractivity contribution in [2.75, 3.05) is 13.2 Å². The summed E-state index contributed by atoms with van der Waals surface area (Å²) >= 11 is 0. The van der Waals surface area contributed by atoms with Crippen LogP contribution < -0.4 is 0 Å². The van der Waals surface area contributed by atoms with Crippen molar-refractivity contribution in [2.24, 2.45) is 5.92 Å². The molecule has 3 nitrogen and oxygen atoms in total. The van der Waals surface area contributed by atoms with Crippen molar-refractivity contribution in [1.82, 2.24) is 4.90 Å². The van der Waals surface area contributed by atoms with Gasteiger partial charge in [0.15, 0.2) is 0 Å². The zero-order valence-corrected chi connectivity index (χ0v) is 9.20. The summed E-state index contributed by atoms with van der Waals surface area (Å²) in [6.45, 7) is 4.70. The third kappa shape index (κ3) is 2.71. The van der Waals surface area contributed by atoms with Crippen molar-refractivity contribution in [1.29, 1.82) is 0 Å². The van der Waals surface area contributed by atoms with Crippen LogP contribution in [0.4, 0.5) is 0 Å². The third-order valence-corrected chi connectivity index (χ3v) is 2.95. The standard InChI is InChI=1S/C11H21NO2/c1-3-9(4-2)11(14)12(7-8-13)10-5-6-10/h9-10,13H,3-8H2,1-2H3. The van der Waals surface area contributed by atoms with E-state index in [1.54, 1.807) is 0 Å². The molecule has 0 unspecified atom stereocenters. The van der Waals surface area contributed by atoms with E-state index < -0.39 is 0 Å². The van der Waals surface area contributed by atoms with Crippen LogP contribution in [0.3, 0.4) is 0 Å². The van der Waals surface area contributed by atoms with E-state index in [4.69, 9.17) is 5.11 Å². The smallest absolute Gasteiger partial charge is 0.225 e. The normalized spacial score (nSPS) is 16.0. The number of nitrogens with zero attached hydrogens (tertiary/aromatic N) is 1. The van der Waals surface area contributed by atoms with Gasteiger partial charge in [0.1, 0.15) is 0 Å². The van der Waals surface area contributed by atoms with Crippen molar-refractivity contribution in [3.63, 3.8) is 0 Å². The Kier molecular flexibility index (Phi) is 4.39. The molecule has 3 heteroatoms. The molecular weight excluding hydrogens is 178 g/mol. The summed E-state index contributed by atoms with van der Waals surface area (Å²) in [5.41, 5.74) is 0. The van der Waals surface area contributed by atoms with Crippen LogP contribution in [0, 0.1) is 5.92 Å². The highest BCUT2D eigenvalue weighted by atomic mass is 16.3. The fourth-order valence-electron chi connectivity index (χ4n) is 1.84. The molecule has 1 amide bonds. The second-order valence-corrected chi connectivity index (χ2v) is 4.00. The number of aliphatic hydroxyl groups excluding tert-OH is 1. The molecule has 0 radical (unpaired) electrons. The number of hydrogen-bond donors (Lipinski definition) is 1. The van der Waals surface area contributed by atoms with E-state index in [1.807, 2.05) is 4.90 Å². The molecule has 1 N–H and O–H groups in total. The van der Waals surface area contributed by atoms with Crippen LogP contribution in [0.15, 0.2) is 0 Å². The quantitative estimate of drug-likeness (QED) is 0.702. The van der Waals surface area contributed by atoms with Crippen LogP contribution in [0.5, 0.6) is 0 Å². The Balaban J connectivity index is 2.52. The van der Waals surface area contributed by atoms with E-state index in [9.17, 15) is 4.79 Å². The highest BCUT2D eigenvalue weighted by molar-refractivity contribution is 5.79. The Labute approximate surface area is 86.1 Å². The molecule has 0 bridgehead atoms. The van der Waals surface area contributed by atoms with Crippen LogP contribution in [0.2, 0.25) is 0 Å². The maximum absolute atomic E-state index is 12.0. The molecule has 0 heterocycles. The molecule has 0 aromatic heterocycles. The largest absolute Gasteiger partial charge is 0.395 e. The summed E-state index contributed by atoms with van der Waals surface area (Å²) in [4.78, 5) is 13.9. The molecule has 1 saturated carbocycles. The number of rotatable bonds is 6. The fourth-order valence-corrected chi connectivity index (χ4v) is 1.84. The lowest BCUT2D eigenvalue weighted by atomic mass is 10.0. The molecule has 0 spiro atoms. The Morgan fingerprint density at radius 1 is 1.43 bits per heavy atom. The van der Waals surface area contributed by atoms with Crippen molar-refractivity contribution in [3.05, 3.63) is 0 Å². The van der Waals surface area contributed by atoms with Gasteiger partial charge >= 0.3 is 0 Å². The van der Waals surface area contributed by atoms with Gasteiger partial charge in [0.05, 0.1) is 6.61 Å². The number of hydrogen-bond acceptors (Lipinski definition) is 2. The first-order valence-electron chi connectivity index (χ1n) is 5.65. The topological polar surface area (TPSA) is 40.5 Å². The zero-order chi connectivity index (χ0) is 10.6. The molecular formula is C11H21NO2. The van der Waals surface area contributed by atoms with Crippen LogP contribution in [-0.4, -0.2) is 35.1 Å². The van der Waals surface area contributed by atoms with E-state index in [1.165, 1.54) is 0 Å². The maximum Gasteiger partial charge on any atom is 0.225 e. The first-order chi connectivity index (χ1) is 6.74. The lowest BCUT2D eigenvalue weighted by Gasteiger charge is -2.25. The second kappa shape index (κ2) is 5.35. The summed E-state index contributed by atoms with van der Waals surface area (Å²) in [7, 11) is 0.